The molecule has 96 valence electrons. The van der Waals surface area contributed by atoms with E-state index in [-0.39, 0.29) is 5.78 Å². The number of ether oxygens (including phenoxy) is 1. The van der Waals surface area contributed by atoms with Gasteiger partial charge in [0.25, 0.3) is 0 Å². The molecule has 0 saturated heterocycles. The van der Waals surface area contributed by atoms with Gasteiger partial charge in [-0.15, -0.1) is 5.10 Å². The van der Waals surface area contributed by atoms with Gasteiger partial charge in [0.15, 0.2) is 11.5 Å². The first kappa shape index (κ1) is 11.6. The molecule has 2 aromatic rings. The van der Waals surface area contributed by atoms with Crippen molar-refractivity contribution in [2.45, 2.75) is 12.8 Å². The van der Waals surface area contributed by atoms with Crippen molar-refractivity contribution >= 4 is 5.78 Å². The third kappa shape index (κ3) is 2.40. The van der Waals surface area contributed by atoms with E-state index in [9.17, 15) is 4.79 Å². The molecule has 1 aromatic heterocycles. The Kier molecular flexibility index (Phi) is 3.10. The summed E-state index contributed by atoms with van der Waals surface area (Å²) in [5.74, 6) is 0.174. The molecule has 0 aliphatic carbocycles. The number of nitrogens with zero attached hydrogens (tertiary/aromatic N) is 3. The fourth-order valence-electron chi connectivity index (χ4n) is 1.89. The van der Waals surface area contributed by atoms with Crippen molar-refractivity contribution in [3.05, 3.63) is 54.1 Å². The van der Waals surface area contributed by atoms with Crippen molar-refractivity contribution in [2.75, 3.05) is 6.61 Å². The molecule has 0 saturated carbocycles. The van der Waals surface area contributed by atoms with E-state index in [0.717, 1.165) is 18.5 Å². The summed E-state index contributed by atoms with van der Waals surface area (Å²) >= 11 is 0. The second-order valence-electron chi connectivity index (χ2n) is 4.24. The Labute approximate surface area is 110 Å². The van der Waals surface area contributed by atoms with Gasteiger partial charge in [0, 0.05) is 0 Å². The largest absolute Gasteiger partial charge is 0.490 e. The molecule has 2 heterocycles. The van der Waals surface area contributed by atoms with Crippen LogP contribution in [0.25, 0.3) is 5.69 Å². The lowest BCUT2D eigenvalue weighted by molar-refractivity contribution is 0.0894. The fourth-order valence-corrected chi connectivity index (χ4v) is 1.89. The molecule has 0 radical (unpaired) electrons. The average Bonchev–Trinajstić information content (AvgIpc) is 2.98. The Morgan fingerprint density at radius 2 is 2.11 bits per heavy atom. The summed E-state index contributed by atoms with van der Waals surface area (Å²) in [6.07, 6.45) is 5.10. The minimum absolute atomic E-state index is 0.207. The monoisotopic (exact) mass is 255 g/mol. The third-order valence-corrected chi connectivity index (χ3v) is 2.87. The highest BCUT2D eigenvalue weighted by Gasteiger charge is 2.19. The molecule has 0 spiro atoms. The van der Waals surface area contributed by atoms with Gasteiger partial charge in [-0.05, 0) is 31.1 Å². The third-order valence-electron chi connectivity index (χ3n) is 2.87. The number of carbonyl (C=O) groups excluding carboxylic acids is 1. The molecule has 0 atom stereocenters. The van der Waals surface area contributed by atoms with Crippen LogP contribution in [0, 0.1) is 0 Å². The van der Waals surface area contributed by atoms with Gasteiger partial charge < -0.3 is 4.74 Å². The zero-order valence-electron chi connectivity index (χ0n) is 10.3. The molecule has 5 nitrogen and oxygen atoms in total. The number of carbonyl (C=O) groups is 1. The van der Waals surface area contributed by atoms with E-state index in [0.29, 0.717) is 18.1 Å². The van der Waals surface area contributed by atoms with Crippen molar-refractivity contribution in [3.8, 4) is 5.69 Å². The van der Waals surface area contributed by atoms with Crippen LogP contribution in [0.5, 0.6) is 0 Å². The summed E-state index contributed by atoms with van der Waals surface area (Å²) in [5, 5.41) is 8.30. The molecular weight excluding hydrogens is 242 g/mol. The molecule has 0 amide bonds. The van der Waals surface area contributed by atoms with E-state index in [2.05, 4.69) is 10.2 Å². The molecule has 19 heavy (non-hydrogen) atoms. The number of hydrogen-bond acceptors (Lipinski definition) is 4. The molecule has 0 bridgehead atoms. The van der Waals surface area contributed by atoms with E-state index in [1.54, 1.807) is 0 Å². The van der Waals surface area contributed by atoms with Crippen LogP contribution in [-0.2, 0) is 4.74 Å². The maximum Gasteiger partial charge on any atom is 0.249 e. The Balaban J connectivity index is 1.85. The summed E-state index contributed by atoms with van der Waals surface area (Å²) in [4.78, 5) is 13.6. The smallest absolute Gasteiger partial charge is 0.249 e. The normalized spacial score (nSPS) is 14.6. The molecule has 1 aliphatic rings. The number of para-hydroxylation sites is 1. The lowest BCUT2D eigenvalue weighted by Crippen LogP contribution is -2.12. The Morgan fingerprint density at radius 1 is 1.26 bits per heavy atom. The molecule has 0 fully saturated rings. The molecular formula is C14H13N3O2. The number of aromatic nitrogens is 3. The maximum absolute atomic E-state index is 12.1. The Morgan fingerprint density at radius 3 is 2.84 bits per heavy atom. The van der Waals surface area contributed by atoms with Crippen LogP contribution < -0.4 is 0 Å². The highest BCUT2D eigenvalue weighted by Crippen LogP contribution is 2.14. The zero-order valence-corrected chi connectivity index (χ0v) is 10.3. The van der Waals surface area contributed by atoms with Crippen LogP contribution in [0.1, 0.15) is 23.3 Å². The number of hydrogen-bond donors (Lipinski definition) is 0. The number of allylic oxidation sites excluding steroid dienone is 2. The number of ketones is 1. The standard InChI is InChI=1S/C14H13N3O2/c18-14(13-8-4-5-9-19-13)12-10-15-17(16-12)11-6-2-1-3-7-11/h1-3,6-8,10H,4-5,9H2. The van der Waals surface area contributed by atoms with Gasteiger partial charge in [-0.25, -0.2) is 0 Å². The highest BCUT2D eigenvalue weighted by atomic mass is 16.5. The van der Waals surface area contributed by atoms with E-state index < -0.39 is 0 Å². The highest BCUT2D eigenvalue weighted by molar-refractivity contribution is 6.05. The van der Waals surface area contributed by atoms with Crippen LogP contribution in [-0.4, -0.2) is 27.4 Å². The molecule has 3 rings (SSSR count). The van der Waals surface area contributed by atoms with Crippen LogP contribution >= 0.6 is 0 Å². The van der Waals surface area contributed by atoms with Crippen LogP contribution in [0.3, 0.4) is 0 Å². The second kappa shape index (κ2) is 5.06. The van der Waals surface area contributed by atoms with Gasteiger partial charge in [-0.3, -0.25) is 4.79 Å². The van der Waals surface area contributed by atoms with E-state index in [1.807, 2.05) is 36.4 Å². The summed E-state index contributed by atoms with van der Waals surface area (Å²) in [6.45, 7) is 0.588. The summed E-state index contributed by atoms with van der Waals surface area (Å²) in [6, 6.07) is 9.47. The lowest BCUT2D eigenvalue weighted by Gasteiger charge is -2.12. The minimum atomic E-state index is -0.207. The number of rotatable bonds is 3. The first-order valence-electron chi connectivity index (χ1n) is 6.20. The van der Waals surface area contributed by atoms with Crippen molar-refractivity contribution in [1.82, 2.24) is 15.0 Å². The van der Waals surface area contributed by atoms with Crippen molar-refractivity contribution in [1.29, 1.82) is 0 Å². The first-order valence-corrected chi connectivity index (χ1v) is 6.20. The van der Waals surface area contributed by atoms with Gasteiger partial charge in [-0.1, -0.05) is 18.2 Å². The SMILES string of the molecule is O=C(C1=CCCCO1)c1cnn(-c2ccccc2)n1. The fraction of sp³-hybridized carbons (Fsp3) is 0.214. The van der Waals surface area contributed by atoms with Gasteiger partial charge in [0.05, 0.1) is 18.5 Å². The first-order chi connectivity index (χ1) is 9.34. The van der Waals surface area contributed by atoms with Gasteiger partial charge in [0.1, 0.15) is 0 Å². The van der Waals surface area contributed by atoms with Crippen molar-refractivity contribution in [3.63, 3.8) is 0 Å². The average molecular weight is 255 g/mol. The second-order valence-corrected chi connectivity index (χ2v) is 4.24. The Hall–Kier alpha value is -2.43. The topological polar surface area (TPSA) is 57.0 Å². The predicted octanol–water partition coefficient (Wildman–Crippen LogP) is 2.14. The van der Waals surface area contributed by atoms with Crippen LogP contribution in [0.4, 0.5) is 0 Å². The van der Waals surface area contributed by atoms with Crippen LogP contribution in [0.2, 0.25) is 0 Å². The maximum atomic E-state index is 12.1. The predicted molar refractivity (Wildman–Crippen MR) is 69.0 cm³/mol. The Bertz CT molecular complexity index is 617. The summed E-state index contributed by atoms with van der Waals surface area (Å²) in [5.41, 5.74) is 1.12. The molecule has 0 N–H and O–H groups in total. The van der Waals surface area contributed by atoms with Gasteiger partial charge in [0.2, 0.25) is 5.78 Å². The van der Waals surface area contributed by atoms with Crippen molar-refractivity contribution < 1.29 is 9.53 Å². The minimum Gasteiger partial charge on any atom is -0.490 e. The molecule has 0 unspecified atom stereocenters. The van der Waals surface area contributed by atoms with Crippen LogP contribution in [0.15, 0.2) is 48.4 Å². The zero-order chi connectivity index (χ0) is 13.1. The summed E-state index contributed by atoms with van der Waals surface area (Å²) in [7, 11) is 0. The molecule has 5 heteroatoms. The number of Topliss-reactive ketones (excluding diaryl/α,β-unsaturated/α-hetero) is 1. The van der Waals surface area contributed by atoms with E-state index in [4.69, 9.17) is 4.74 Å². The lowest BCUT2D eigenvalue weighted by atomic mass is 10.2. The molecule has 1 aliphatic heterocycles. The quantitative estimate of drug-likeness (QED) is 0.788. The van der Waals surface area contributed by atoms with Crippen molar-refractivity contribution in [2.24, 2.45) is 0 Å². The summed E-state index contributed by atoms with van der Waals surface area (Å²) < 4.78 is 5.34. The van der Waals surface area contributed by atoms with Gasteiger partial charge >= 0.3 is 0 Å². The molecule has 1 aromatic carbocycles. The number of benzene rings is 1. The van der Waals surface area contributed by atoms with Gasteiger partial charge in [-0.2, -0.15) is 9.90 Å². The van der Waals surface area contributed by atoms with E-state index in [1.165, 1.54) is 11.0 Å². The van der Waals surface area contributed by atoms with E-state index >= 15 is 0 Å².